The van der Waals surface area contributed by atoms with Gasteiger partial charge in [0.1, 0.15) is 17.6 Å². The van der Waals surface area contributed by atoms with Crippen LogP contribution in [0, 0.1) is 0 Å². The standard InChI is InChI=1S/C13H20ClN3O/c1-3-18-9-12-15-11(14)8-13(16-12)17(2)10-6-4-5-7-10/h8,10H,3-7,9H2,1-2H3. The minimum atomic E-state index is 0.419. The Hall–Kier alpha value is -0.870. The lowest BCUT2D eigenvalue weighted by atomic mass is 10.2. The Morgan fingerprint density at radius 1 is 1.39 bits per heavy atom. The topological polar surface area (TPSA) is 38.2 Å². The van der Waals surface area contributed by atoms with Gasteiger partial charge < -0.3 is 9.64 Å². The molecule has 2 rings (SSSR count). The Balaban J connectivity index is 2.13. The van der Waals surface area contributed by atoms with Crippen LogP contribution < -0.4 is 4.90 Å². The summed E-state index contributed by atoms with van der Waals surface area (Å²) in [5.41, 5.74) is 0. The molecule has 0 unspecified atom stereocenters. The van der Waals surface area contributed by atoms with E-state index in [1.807, 2.05) is 13.0 Å². The lowest BCUT2D eigenvalue weighted by Gasteiger charge is -2.25. The highest BCUT2D eigenvalue weighted by atomic mass is 35.5. The van der Waals surface area contributed by atoms with Crippen LogP contribution in [0.1, 0.15) is 38.4 Å². The van der Waals surface area contributed by atoms with Gasteiger partial charge in [-0.15, -0.1) is 0 Å². The number of hydrogen-bond acceptors (Lipinski definition) is 4. The quantitative estimate of drug-likeness (QED) is 0.770. The summed E-state index contributed by atoms with van der Waals surface area (Å²) in [6, 6.07) is 2.41. The van der Waals surface area contributed by atoms with Crippen LogP contribution in [-0.2, 0) is 11.3 Å². The van der Waals surface area contributed by atoms with Crippen LogP contribution in [0.3, 0.4) is 0 Å². The van der Waals surface area contributed by atoms with E-state index >= 15 is 0 Å². The minimum absolute atomic E-state index is 0.419. The largest absolute Gasteiger partial charge is 0.374 e. The molecule has 0 N–H and O–H groups in total. The zero-order chi connectivity index (χ0) is 13.0. The highest BCUT2D eigenvalue weighted by molar-refractivity contribution is 6.29. The van der Waals surface area contributed by atoms with Crippen LogP contribution in [-0.4, -0.2) is 29.7 Å². The van der Waals surface area contributed by atoms with Gasteiger partial charge in [0.25, 0.3) is 0 Å². The molecule has 1 aromatic rings. The monoisotopic (exact) mass is 269 g/mol. The molecule has 0 amide bonds. The summed E-state index contributed by atoms with van der Waals surface area (Å²) in [5, 5.41) is 0.486. The van der Waals surface area contributed by atoms with Crippen molar-refractivity contribution < 1.29 is 4.74 Å². The highest BCUT2D eigenvalue weighted by Gasteiger charge is 2.21. The van der Waals surface area contributed by atoms with E-state index in [1.54, 1.807) is 0 Å². The molecule has 0 aliphatic heterocycles. The maximum Gasteiger partial charge on any atom is 0.158 e. The van der Waals surface area contributed by atoms with Gasteiger partial charge in [-0.05, 0) is 19.8 Å². The van der Waals surface area contributed by atoms with Crippen LogP contribution in [0.4, 0.5) is 5.82 Å². The molecule has 4 nitrogen and oxygen atoms in total. The predicted octanol–water partition coefficient (Wildman–Crippen LogP) is 3.05. The SMILES string of the molecule is CCOCc1nc(Cl)cc(N(C)C2CCCC2)n1. The smallest absolute Gasteiger partial charge is 0.158 e. The third-order valence-electron chi connectivity index (χ3n) is 3.40. The summed E-state index contributed by atoms with van der Waals surface area (Å²) in [4.78, 5) is 10.9. The average molecular weight is 270 g/mol. The normalized spacial score (nSPS) is 16.2. The summed E-state index contributed by atoms with van der Waals surface area (Å²) in [6.07, 6.45) is 5.08. The minimum Gasteiger partial charge on any atom is -0.374 e. The number of rotatable bonds is 5. The number of halogens is 1. The van der Waals surface area contributed by atoms with E-state index in [9.17, 15) is 0 Å². The second kappa shape index (κ2) is 6.34. The fourth-order valence-corrected chi connectivity index (χ4v) is 2.56. The predicted molar refractivity (Wildman–Crippen MR) is 73.0 cm³/mol. The van der Waals surface area contributed by atoms with Crippen molar-refractivity contribution in [3.63, 3.8) is 0 Å². The van der Waals surface area contributed by atoms with Crippen LogP contribution in [0.5, 0.6) is 0 Å². The number of ether oxygens (including phenoxy) is 1. The molecule has 1 aliphatic carbocycles. The van der Waals surface area contributed by atoms with Crippen molar-refractivity contribution in [3.05, 3.63) is 17.0 Å². The Bertz CT molecular complexity index is 394. The maximum absolute atomic E-state index is 6.05. The van der Waals surface area contributed by atoms with Crippen molar-refractivity contribution in [3.8, 4) is 0 Å². The van der Waals surface area contributed by atoms with E-state index in [1.165, 1.54) is 25.7 Å². The van der Waals surface area contributed by atoms with Crippen molar-refractivity contribution >= 4 is 17.4 Å². The lowest BCUT2D eigenvalue weighted by Crippen LogP contribution is -2.30. The molecule has 0 atom stereocenters. The molecule has 1 saturated carbocycles. The first-order valence-electron chi connectivity index (χ1n) is 6.54. The van der Waals surface area contributed by atoms with Gasteiger partial charge in [0, 0.05) is 25.8 Å². The van der Waals surface area contributed by atoms with Crippen molar-refractivity contribution in [2.24, 2.45) is 0 Å². The van der Waals surface area contributed by atoms with Gasteiger partial charge in [-0.1, -0.05) is 24.4 Å². The first-order chi connectivity index (χ1) is 8.70. The molecule has 1 aliphatic rings. The van der Waals surface area contributed by atoms with Crippen molar-refractivity contribution in [1.29, 1.82) is 0 Å². The van der Waals surface area contributed by atoms with Crippen LogP contribution in [0.2, 0.25) is 5.15 Å². The second-order valence-corrected chi connectivity index (χ2v) is 5.04. The van der Waals surface area contributed by atoms with Crippen LogP contribution in [0.15, 0.2) is 6.07 Å². The molecule has 1 heterocycles. The molecule has 1 aromatic heterocycles. The maximum atomic E-state index is 6.05. The number of anilines is 1. The molecule has 0 aromatic carbocycles. The average Bonchev–Trinajstić information content (AvgIpc) is 2.88. The molecule has 18 heavy (non-hydrogen) atoms. The molecule has 5 heteroatoms. The lowest BCUT2D eigenvalue weighted by molar-refractivity contribution is 0.128. The van der Waals surface area contributed by atoms with E-state index < -0.39 is 0 Å². The van der Waals surface area contributed by atoms with E-state index in [-0.39, 0.29) is 0 Å². The highest BCUT2D eigenvalue weighted by Crippen LogP contribution is 2.26. The molecule has 100 valence electrons. The summed E-state index contributed by atoms with van der Waals surface area (Å²) in [7, 11) is 2.08. The van der Waals surface area contributed by atoms with Crippen LogP contribution in [0.25, 0.3) is 0 Å². The van der Waals surface area contributed by atoms with Gasteiger partial charge in [-0.3, -0.25) is 0 Å². The Morgan fingerprint density at radius 2 is 2.11 bits per heavy atom. The number of hydrogen-bond donors (Lipinski definition) is 0. The first-order valence-corrected chi connectivity index (χ1v) is 6.92. The summed E-state index contributed by atoms with van der Waals surface area (Å²) in [6.45, 7) is 3.03. The number of aromatic nitrogens is 2. The van der Waals surface area contributed by atoms with Gasteiger partial charge in [-0.25, -0.2) is 9.97 Å². The Labute approximate surface area is 113 Å². The third kappa shape index (κ3) is 3.33. The fraction of sp³-hybridized carbons (Fsp3) is 0.692. The molecular weight excluding hydrogens is 250 g/mol. The third-order valence-corrected chi connectivity index (χ3v) is 3.59. The van der Waals surface area contributed by atoms with Crippen molar-refractivity contribution in [1.82, 2.24) is 9.97 Å². The van der Waals surface area contributed by atoms with Gasteiger partial charge in [0.2, 0.25) is 0 Å². The molecule has 1 fully saturated rings. The van der Waals surface area contributed by atoms with E-state index in [4.69, 9.17) is 16.3 Å². The van der Waals surface area contributed by atoms with Gasteiger partial charge >= 0.3 is 0 Å². The fourth-order valence-electron chi connectivity index (χ4n) is 2.37. The Kier molecular flexibility index (Phi) is 4.78. The molecule has 0 radical (unpaired) electrons. The van der Waals surface area contributed by atoms with Crippen molar-refractivity contribution in [2.75, 3.05) is 18.6 Å². The van der Waals surface area contributed by atoms with Crippen molar-refractivity contribution in [2.45, 2.75) is 45.3 Å². The van der Waals surface area contributed by atoms with Gasteiger partial charge in [-0.2, -0.15) is 0 Å². The van der Waals surface area contributed by atoms with Gasteiger partial charge in [0.15, 0.2) is 5.82 Å². The summed E-state index contributed by atoms with van der Waals surface area (Å²) < 4.78 is 5.33. The molecular formula is C13H20ClN3O. The van der Waals surface area contributed by atoms with E-state index in [0.717, 1.165) is 5.82 Å². The second-order valence-electron chi connectivity index (χ2n) is 4.65. The van der Waals surface area contributed by atoms with E-state index in [0.29, 0.717) is 30.2 Å². The zero-order valence-corrected chi connectivity index (χ0v) is 11.8. The van der Waals surface area contributed by atoms with Gasteiger partial charge in [0.05, 0.1) is 0 Å². The zero-order valence-electron chi connectivity index (χ0n) is 11.0. The molecule has 0 spiro atoms. The summed E-state index contributed by atoms with van der Waals surface area (Å²) >= 11 is 6.05. The van der Waals surface area contributed by atoms with E-state index in [2.05, 4.69) is 21.9 Å². The molecule has 0 bridgehead atoms. The Morgan fingerprint density at radius 3 is 2.78 bits per heavy atom. The summed E-state index contributed by atoms with van der Waals surface area (Å²) in [5.74, 6) is 1.56. The molecule has 0 saturated heterocycles. The number of nitrogens with zero attached hydrogens (tertiary/aromatic N) is 3. The van der Waals surface area contributed by atoms with Crippen LogP contribution >= 0.6 is 11.6 Å². The first kappa shape index (κ1) is 13.6.